The van der Waals surface area contributed by atoms with Gasteiger partial charge in [0.25, 0.3) is 0 Å². The van der Waals surface area contributed by atoms with Gasteiger partial charge in [-0.15, -0.1) is 0 Å². The molecule has 0 unspecified atom stereocenters. The highest BCUT2D eigenvalue weighted by atomic mass is 19.1. The lowest BCUT2D eigenvalue weighted by Crippen LogP contribution is -2.37. The summed E-state index contributed by atoms with van der Waals surface area (Å²) in [5.41, 5.74) is 3.49. The van der Waals surface area contributed by atoms with E-state index in [1.54, 1.807) is 6.20 Å². The van der Waals surface area contributed by atoms with E-state index in [2.05, 4.69) is 52.8 Å². The van der Waals surface area contributed by atoms with E-state index in [0.717, 1.165) is 62.9 Å². The molecule has 0 spiro atoms. The van der Waals surface area contributed by atoms with E-state index in [9.17, 15) is 14.3 Å². The van der Waals surface area contributed by atoms with Crippen molar-refractivity contribution in [3.63, 3.8) is 0 Å². The van der Waals surface area contributed by atoms with Gasteiger partial charge in [-0.05, 0) is 56.7 Å². The summed E-state index contributed by atoms with van der Waals surface area (Å²) >= 11 is 0. The molecule has 0 amide bonds. The molecule has 4 aromatic heterocycles. The molecule has 0 fully saturated rings. The molecule has 5 heterocycles. The molecule has 1 aliphatic rings. The van der Waals surface area contributed by atoms with Gasteiger partial charge in [0.05, 0.1) is 18.6 Å². The van der Waals surface area contributed by atoms with E-state index < -0.39 is 17.8 Å². The van der Waals surface area contributed by atoms with Crippen LogP contribution in [0.4, 0.5) is 16.0 Å². The van der Waals surface area contributed by atoms with Crippen LogP contribution in [0.5, 0.6) is 5.75 Å². The number of ether oxygens (including phenoxy) is 1. The van der Waals surface area contributed by atoms with Crippen LogP contribution in [-0.4, -0.2) is 84.9 Å². The second-order valence-corrected chi connectivity index (χ2v) is 10.0. The summed E-state index contributed by atoms with van der Waals surface area (Å²) in [6.07, 6.45) is 10.8. The number of aryl methyl sites for hydroxylation is 2. The highest BCUT2D eigenvalue weighted by Gasteiger charge is 2.21. The summed E-state index contributed by atoms with van der Waals surface area (Å²) in [7, 11) is 0. The molecule has 4 aromatic rings. The molecule has 0 aliphatic carbocycles. The maximum Gasteiger partial charge on any atom is 0.326 e. The summed E-state index contributed by atoms with van der Waals surface area (Å²) < 4.78 is 19.2. The van der Waals surface area contributed by atoms with Crippen molar-refractivity contribution in [2.24, 2.45) is 0 Å². The van der Waals surface area contributed by atoms with E-state index >= 15 is 0 Å². The fourth-order valence-electron chi connectivity index (χ4n) is 4.86. The van der Waals surface area contributed by atoms with Crippen molar-refractivity contribution < 1.29 is 19.0 Å². The lowest BCUT2D eigenvalue weighted by molar-refractivity contribution is -0.138. The average Bonchev–Trinajstić information content (AvgIpc) is 3.47. The predicted molar refractivity (Wildman–Crippen MR) is 151 cm³/mol. The number of rotatable bonds is 15. The monoisotopic (exact) mass is 563 g/mol. The maximum atomic E-state index is 13.5. The topological polar surface area (TPSA) is 154 Å². The largest absolute Gasteiger partial charge is 0.491 e. The molecule has 0 aromatic carbocycles. The van der Waals surface area contributed by atoms with Crippen LogP contribution in [0.2, 0.25) is 0 Å². The average molecular weight is 564 g/mol. The highest BCUT2D eigenvalue weighted by Crippen LogP contribution is 2.21. The standard InChI is InChI=1S/C28H34FN9O3/c29-20-14-22(16-30-15-20)41-13-12-38(10-2-1-5-21-7-6-19-4-3-9-31-26(19)35-21)11-8-23(28(39)40)36-27-25-24(17-34-37-25)32-18-33-27/h6-7,14-18,23H,1-5,8-13H2,(H,31,35)(H,34,37)(H,39,40)(H,32,33,36)/t23-/m0/s1. The van der Waals surface area contributed by atoms with Gasteiger partial charge in [-0.2, -0.15) is 5.10 Å². The molecular weight excluding hydrogens is 529 g/mol. The fourth-order valence-corrected chi connectivity index (χ4v) is 4.86. The Morgan fingerprint density at radius 2 is 2.10 bits per heavy atom. The summed E-state index contributed by atoms with van der Waals surface area (Å²) in [5.74, 6) is 0.305. The lowest BCUT2D eigenvalue weighted by Gasteiger charge is -2.24. The summed E-state index contributed by atoms with van der Waals surface area (Å²) in [5, 5.41) is 23.1. The number of carboxylic acids is 1. The Kier molecular flexibility index (Phi) is 9.47. The Balaban J connectivity index is 1.17. The number of hydrogen-bond donors (Lipinski definition) is 4. The molecule has 41 heavy (non-hydrogen) atoms. The highest BCUT2D eigenvalue weighted by molar-refractivity contribution is 5.87. The number of carbonyl (C=O) groups is 1. The van der Waals surface area contributed by atoms with Gasteiger partial charge in [0.2, 0.25) is 0 Å². The van der Waals surface area contributed by atoms with Crippen LogP contribution in [0.25, 0.3) is 11.0 Å². The summed E-state index contributed by atoms with van der Waals surface area (Å²) in [6, 6.07) is 4.69. The fraction of sp³-hybridized carbons (Fsp3) is 0.429. The van der Waals surface area contributed by atoms with Gasteiger partial charge in [-0.3, -0.25) is 15.0 Å². The number of aromatic amines is 1. The summed E-state index contributed by atoms with van der Waals surface area (Å²) in [4.78, 5) is 31.2. The smallest absolute Gasteiger partial charge is 0.326 e. The van der Waals surface area contributed by atoms with Crippen LogP contribution in [0, 0.1) is 5.82 Å². The van der Waals surface area contributed by atoms with E-state index in [0.29, 0.717) is 48.7 Å². The van der Waals surface area contributed by atoms with E-state index in [4.69, 9.17) is 9.72 Å². The lowest BCUT2D eigenvalue weighted by atomic mass is 10.1. The number of fused-ring (bicyclic) bond motifs is 2. The zero-order valence-corrected chi connectivity index (χ0v) is 22.7. The number of carboxylic acid groups (broad SMARTS) is 1. The molecule has 0 bridgehead atoms. The van der Waals surface area contributed by atoms with E-state index in [-0.39, 0.29) is 0 Å². The van der Waals surface area contributed by atoms with Crippen molar-refractivity contribution in [3.05, 3.63) is 60.2 Å². The van der Waals surface area contributed by atoms with Crippen LogP contribution >= 0.6 is 0 Å². The van der Waals surface area contributed by atoms with Crippen molar-refractivity contribution >= 4 is 28.6 Å². The molecule has 5 rings (SSSR count). The number of nitrogens with one attached hydrogen (secondary N) is 3. The first-order chi connectivity index (χ1) is 20.0. The minimum Gasteiger partial charge on any atom is -0.491 e. The molecule has 13 heteroatoms. The first-order valence-corrected chi connectivity index (χ1v) is 13.9. The number of unbranched alkanes of at least 4 members (excludes halogenated alkanes) is 1. The molecule has 12 nitrogen and oxygen atoms in total. The maximum absolute atomic E-state index is 13.5. The summed E-state index contributed by atoms with van der Waals surface area (Å²) in [6.45, 7) is 3.07. The van der Waals surface area contributed by atoms with Crippen molar-refractivity contribution in [1.29, 1.82) is 0 Å². The van der Waals surface area contributed by atoms with Gasteiger partial charge < -0.3 is 20.5 Å². The van der Waals surface area contributed by atoms with Crippen molar-refractivity contribution in [3.8, 4) is 5.75 Å². The third-order valence-electron chi connectivity index (χ3n) is 7.05. The number of hydrogen-bond acceptors (Lipinski definition) is 10. The Bertz CT molecular complexity index is 1450. The molecule has 1 aliphatic heterocycles. The van der Waals surface area contributed by atoms with Crippen LogP contribution < -0.4 is 15.4 Å². The first kappa shape index (κ1) is 28.1. The molecular formula is C28H34FN9O3. The Hall–Kier alpha value is -4.39. The quantitative estimate of drug-likeness (QED) is 0.158. The Morgan fingerprint density at radius 1 is 1.17 bits per heavy atom. The number of aromatic nitrogens is 6. The Morgan fingerprint density at radius 3 is 2.98 bits per heavy atom. The third kappa shape index (κ3) is 7.84. The van der Waals surface area contributed by atoms with Crippen LogP contribution in [0.3, 0.4) is 0 Å². The van der Waals surface area contributed by atoms with E-state index in [1.165, 1.54) is 24.2 Å². The van der Waals surface area contributed by atoms with Crippen LogP contribution in [0.15, 0.2) is 43.1 Å². The van der Waals surface area contributed by atoms with Gasteiger partial charge in [-0.1, -0.05) is 6.07 Å². The van der Waals surface area contributed by atoms with Gasteiger partial charge in [0.15, 0.2) is 5.82 Å². The number of nitrogens with zero attached hydrogens (tertiary/aromatic N) is 6. The van der Waals surface area contributed by atoms with E-state index in [1.807, 2.05) is 0 Å². The van der Waals surface area contributed by atoms with Crippen molar-refractivity contribution in [1.82, 2.24) is 35.0 Å². The minimum atomic E-state index is -0.981. The molecule has 1 atom stereocenters. The zero-order chi connectivity index (χ0) is 28.4. The normalized spacial score (nSPS) is 13.5. The number of pyridine rings is 2. The van der Waals surface area contributed by atoms with Crippen LogP contribution in [0.1, 0.15) is 36.9 Å². The molecule has 0 radical (unpaired) electrons. The number of anilines is 2. The zero-order valence-electron chi connectivity index (χ0n) is 22.7. The van der Waals surface area contributed by atoms with Crippen molar-refractivity contribution in [2.75, 3.05) is 43.4 Å². The SMILES string of the molecule is O=C(O)[C@H](CCN(CCCCc1ccc2c(n1)NCCC2)CCOc1cncc(F)c1)Nc1ncnc2cn[nH]c12. The first-order valence-electron chi connectivity index (χ1n) is 13.9. The van der Waals surface area contributed by atoms with Crippen LogP contribution in [-0.2, 0) is 17.6 Å². The Labute approximate surface area is 236 Å². The second-order valence-electron chi connectivity index (χ2n) is 10.0. The minimum absolute atomic E-state index is 0.315. The van der Waals surface area contributed by atoms with Gasteiger partial charge >= 0.3 is 5.97 Å². The number of H-pyrrole nitrogens is 1. The predicted octanol–water partition coefficient (Wildman–Crippen LogP) is 3.30. The number of halogens is 1. The second kappa shape index (κ2) is 13.8. The van der Waals surface area contributed by atoms with Gasteiger partial charge in [0, 0.05) is 31.4 Å². The number of aliphatic carboxylic acids is 1. The third-order valence-corrected chi connectivity index (χ3v) is 7.05. The molecule has 216 valence electrons. The van der Waals surface area contributed by atoms with Gasteiger partial charge in [0.1, 0.15) is 47.4 Å². The van der Waals surface area contributed by atoms with Crippen molar-refractivity contribution in [2.45, 2.75) is 44.6 Å². The molecule has 0 saturated carbocycles. The molecule has 0 saturated heterocycles. The van der Waals surface area contributed by atoms with Gasteiger partial charge in [-0.25, -0.2) is 24.1 Å². The molecule has 4 N–H and O–H groups in total.